The van der Waals surface area contributed by atoms with Gasteiger partial charge < -0.3 is 14.6 Å². The highest BCUT2D eigenvalue weighted by Crippen LogP contribution is 2.23. The van der Waals surface area contributed by atoms with E-state index in [2.05, 4.69) is 5.32 Å². The van der Waals surface area contributed by atoms with Gasteiger partial charge in [0, 0.05) is 26.4 Å². The molecule has 0 unspecified atom stereocenters. The monoisotopic (exact) mass is 343 g/mol. The van der Waals surface area contributed by atoms with E-state index in [1.807, 2.05) is 13.0 Å². The lowest BCUT2D eigenvalue weighted by atomic mass is 10.2. The predicted molar refractivity (Wildman–Crippen MR) is 96.8 cm³/mol. The Bertz CT molecular complexity index is 909. The lowest BCUT2D eigenvalue weighted by Crippen LogP contribution is -2.37. The van der Waals surface area contributed by atoms with Gasteiger partial charge in [-0.3, -0.25) is 14.2 Å². The number of aryl methyl sites for hydroxylation is 1. The maximum atomic E-state index is 12.1. The van der Waals surface area contributed by atoms with Crippen LogP contribution in [0.15, 0.2) is 46.1 Å². The Labute approximate surface area is 145 Å². The van der Waals surface area contributed by atoms with Crippen molar-refractivity contribution in [1.82, 2.24) is 9.13 Å². The maximum absolute atomic E-state index is 12.1. The van der Waals surface area contributed by atoms with E-state index in [1.165, 1.54) is 30.0 Å². The lowest BCUT2D eigenvalue weighted by Gasteiger charge is -2.10. The average Bonchev–Trinajstić information content (AvgIpc) is 2.61. The number of para-hydroxylation sites is 2. The fourth-order valence-corrected chi connectivity index (χ4v) is 2.20. The number of ether oxygens (including phenoxy) is 1. The highest BCUT2D eigenvalue weighted by molar-refractivity contribution is 6.02. The Morgan fingerprint density at radius 1 is 1.24 bits per heavy atom. The second-order valence-corrected chi connectivity index (χ2v) is 5.51. The molecule has 1 aromatic carbocycles. The molecule has 0 aliphatic heterocycles. The van der Waals surface area contributed by atoms with E-state index in [4.69, 9.17) is 4.74 Å². The van der Waals surface area contributed by atoms with Gasteiger partial charge in [-0.05, 0) is 24.6 Å². The molecule has 25 heavy (non-hydrogen) atoms. The van der Waals surface area contributed by atoms with Crippen molar-refractivity contribution in [2.75, 3.05) is 11.9 Å². The molecule has 0 fully saturated rings. The largest absolute Gasteiger partial charge is 0.491 e. The van der Waals surface area contributed by atoms with Gasteiger partial charge in [-0.2, -0.15) is 0 Å². The summed E-state index contributed by atoms with van der Waals surface area (Å²) in [4.78, 5) is 35.8. The smallest absolute Gasteiger partial charge is 0.330 e. The van der Waals surface area contributed by atoms with Crippen LogP contribution in [0.25, 0.3) is 6.08 Å². The number of aromatic nitrogens is 2. The van der Waals surface area contributed by atoms with Gasteiger partial charge in [0.05, 0.1) is 17.9 Å². The van der Waals surface area contributed by atoms with Crippen LogP contribution in [0.3, 0.4) is 0 Å². The summed E-state index contributed by atoms with van der Waals surface area (Å²) in [5.74, 6) is 0.188. The molecule has 0 bridgehead atoms. The Morgan fingerprint density at radius 2 is 1.96 bits per heavy atom. The van der Waals surface area contributed by atoms with Crippen LogP contribution in [0.2, 0.25) is 0 Å². The molecule has 1 aromatic heterocycles. The fraction of sp³-hybridized carbons (Fsp3) is 0.278. The number of benzene rings is 1. The topological polar surface area (TPSA) is 82.3 Å². The first kappa shape index (κ1) is 18.3. The highest BCUT2D eigenvalue weighted by atomic mass is 16.5. The SMILES string of the molecule is CCCOc1ccccc1NC(=O)/C=C/c1cn(C)c(=O)n(C)c1=O. The number of amides is 1. The van der Waals surface area contributed by atoms with Crippen molar-refractivity contribution in [2.24, 2.45) is 14.1 Å². The number of nitrogens with zero attached hydrogens (tertiary/aromatic N) is 2. The molecular formula is C18H21N3O4. The van der Waals surface area contributed by atoms with Crippen molar-refractivity contribution < 1.29 is 9.53 Å². The van der Waals surface area contributed by atoms with E-state index in [1.54, 1.807) is 25.2 Å². The van der Waals surface area contributed by atoms with Crippen molar-refractivity contribution in [1.29, 1.82) is 0 Å². The Kier molecular flexibility index (Phi) is 5.94. The molecule has 7 heteroatoms. The summed E-state index contributed by atoms with van der Waals surface area (Å²) in [6, 6.07) is 7.13. The first-order valence-corrected chi connectivity index (χ1v) is 7.91. The molecule has 0 saturated heterocycles. The molecule has 1 amide bonds. The second-order valence-electron chi connectivity index (χ2n) is 5.51. The Balaban J connectivity index is 2.18. The number of hydrogen-bond acceptors (Lipinski definition) is 4. The molecule has 0 saturated carbocycles. The van der Waals surface area contributed by atoms with Crippen LogP contribution in [0.4, 0.5) is 5.69 Å². The summed E-state index contributed by atoms with van der Waals surface area (Å²) < 4.78 is 7.86. The normalized spacial score (nSPS) is 10.8. The van der Waals surface area contributed by atoms with Crippen molar-refractivity contribution >= 4 is 17.7 Å². The van der Waals surface area contributed by atoms with Crippen LogP contribution in [0, 0.1) is 0 Å². The summed E-state index contributed by atoms with van der Waals surface area (Å²) in [5, 5.41) is 2.72. The standard InChI is InChI=1S/C18H21N3O4/c1-4-11-25-15-8-6-5-7-14(15)19-16(22)10-9-13-12-20(2)18(24)21(3)17(13)23/h5-10,12H,4,11H2,1-3H3,(H,19,22)/b10-9+. The summed E-state index contributed by atoms with van der Waals surface area (Å²) >= 11 is 0. The summed E-state index contributed by atoms with van der Waals surface area (Å²) in [7, 11) is 2.93. The number of rotatable bonds is 6. The molecule has 0 atom stereocenters. The van der Waals surface area contributed by atoms with Gasteiger partial charge in [0.1, 0.15) is 5.75 Å². The van der Waals surface area contributed by atoms with Gasteiger partial charge in [-0.25, -0.2) is 4.79 Å². The quantitative estimate of drug-likeness (QED) is 0.806. The number of carbonyl (C=O) groups excluding carboxylic acids is 1. The van der Waals surface area contributed by atoms with E-state index in [9.17, 15) is 14.4 Å². The van der Waals surface area contributed by atoms with Crippen LogP contribution >= 0.6 is 0 Å². The maximum Gasteiger partial charge on any atom is 0.330 e. The third kappa shape index (κ3) is 4.47. The molecule has 132 valence electrons. The van der Waals surface area contributed by atoms with E-state index in [0.717, 1.165) is 11.0 Å². The Hall–Kier alpha value is -3.09. The third-order valence-corrected chi connectivity index (χ3v) is 3.49. The van der Waals surface area contributed by atoms with Crippen LogP contribution in [0.5, 0.6) is 5.75 Å². The molecule has 0 aliphatic carbocycles. The molecule has 1 heterocycles. The number of nitrogens with one attached hydrogen (secondary N) is 1. The number of hydrogen-bond donors (Lipinski definition) is 1. The highest BCUT2D eigenvalue weighted by Gasteiger charge is 2.07. The zero-order valence-electron chi connectivity index (χ0n) is 14.5. The van der Waals surface area contributed by atoms with E-state index < -0.39 is 17.2 Å². The van der Waals surface area contributed by atoms with Crippen LogP contribution in [-0.2, 0) is 18.9 Å². The van der Waals surface area contributed by atoms with Gasteiger partial charge >= 0.3 is 5.69 Å². The molecule has 0 spiro atoms. The van der Waals surface area contributed by atoms with Gasteiger partial charge in [-0.1, -0.05) is 19.1 Å². The van der Waals surface area contributed by atoms with E-state index in [0.29, 0.717) is 18.0 Å². The first-order valence-electron chi connectivity index (χ1n) is 7.91. The van der Waals surface area contributed by atoms with Gasteiger partial charge in [0.2, 0.25) is 5.91 Å². The summed E-state index contributed by atoms with van der Waals surface area (Å²) in [6.07, 6.45) is 4.88. The minimum absolute atomic E-state index is 0.246. The van der Waals surface area contributed by atoms with Crippen molar-refractivity contribution in [3.8, 4) is 5.75 Å². The molecule has 7 nitrogen and oxygen atoms in total. The molecule has 1 N–H and O–H groups in total. The molecule has 0 aliphatic rings. The average molecular weight is 343 g/mol. The zero-order valence-corrected chi connectivity index (χ0v) is 14.5. The second kappa shape index (κ2) is 8.14. The first-order chi connectivity index (χ1) is 11.9. The molecular weight excluding hydrogens is 322 g/mol. The minimum atomic E-state index is -0.459. The zero-order chi connectivity index (χ0) is 18.4. The molecule has 2 aromatic rings. The third-order valence-electron chi connectivity index (χ3n) is 3.49. The fourth-order valence-electron chi connectivity index (χ4n) is 2.20. The Morgan fingerprint density at radius 3 is 2.68 bits per heavy atom. The van der Waals surface area contributed by atoms with E-state index in [-0.39, 0.29) is 5.56 Å². The van der Waals surface area contributed by atoms with Crippen LogP contribution in [-0.4, -0.2) is 21.6 Å². The van der Waals surface area contributed by atoms with Crippen LogP contribution in [0.1, 0.15) is 18.9 Å². The number of carbonyl (C=O) groups is 1. The van der Waals surface area contributed by atoms with Crippen molar-refractivity contribution in [3.63, 3.8) is 0 Å². The van der Waals surface area contributed by atoms with Crippen molar-refractivity contribution in [3.05, 3.63) is 62.9 Å². The lowest BCUT2D eigenvalue weighted by molar-refractivity contribution is -0.111. The summed E-state index contributed by atoms with van der Waals surface area (Å²) in [6.45, 7) is 2.55. The minimum Gasteiger partial charge on any atom is -0.491 e. The van der Waals surface area contributed by atoms with Gasteiger partial charge in [-0.15, -0.1) is 0 Å². The van der Waals surface area contributed by atoms with Gasteiger partial charge in [0.15, 0.2) is 0 Å². The van der Waals surface area contributed by atoms with Gasteiger partial charge in [0.25, 0.3) is 5.56 Å². The van der Waals surface area contributed by atoms with E-state index >= 15 is 0 Å². The predicted octanol–water partition coefficient (Wildman–Crippen LogP) is 1.52. The summed E-state index contributed by atoms with van der Waals surface area (Å²) in [5.41, 5.74) is -0.0818. The van der Waals surface area contributed by atoms with Crippen molar-refractivity contribution in [2.45, 2.75) is 13.3 Å². The molecule has 0 radical (unpaired) electrons. The van der Waals surface area contributed by atoms with Crippen LogP contribution < -0.4 is 21.3 Å². The molecule has 2 rings (SSSR count). The number of anilines is 1.